The second-order valence-electron chi connectivity index (χ2n) is 2.22. The SMILES string of the molecule is CC(C=O)NC(=O)C(C)N. The highest BCUT2D eigenvalue weighted by Crippen LogP contribution is 1.78. The standard InChI is InChI=1S/C6H12N2O2/c1-4(3-9)8-6(10)5(2)7/h3-5H,7H2,1-2H3,(H,8,10). The first-order valence-electron chi connectivity index (χ1n) is 3.09. The predicted molar refractivity (Wildman–Crippen MR) is 37.3 cm³/mol. The van der Waals surface area contributed by atoms with Crippen LogP contribution in [0.25, 0.3) is 0 Å². The molecular weight excluding hydrogens is 132 g/mol. The first-order valence-corrected chi connectivity index (χ1v) is 3.09. The van der Waals surface area contributed by atoms with Gasteiger partial charge in [-0.05, 0) is 13.8 Å². The van der Waals surface area contributed by atoms with E-state index in [2.05, 4.69) is 5.32 Å². The Morgan fingerprint density at radius 1 is 1.60 bits per heavy atom. The van der Waals surface area contributed by atoms with Gasteiger partial charge in [0.1, 0.15) is 6.29 Å². The van der Waals surface area contributed by atoms with Gasteiger partial charge in [0.05, 0.1) is 12.1 Å². The second-order valence-corrected chi connectivity index (χ2v) is 2.22. The predicted octanol–water partition coefficient (Wildman–Crippen LogP) is -0.963. The summed E-state index contributed by atoms with van der Waals surface area (Å²) in [6.07, 6.45) is 0.653. The summed E-state index contributed by atoms with van der Waals surface area (Å²) >= 11 is 0. The number of hydrogen-bond donors (Lipinski definition) is 2. The molecule has 0 aliphatic rings. The zero-order valence-corrected chi connectivity index (χ0v) is 6.13. The second kappa shape index (κ2) is 4.00. The number of rotatable bonds is 3. The van der Waals surface area contributed by atoms with Crippen LogP contribution in [-0.4, -0.2) is 24.3 Å². The van der Waals surface area contributed by atoms with Crippen LogP contribution in [-0.2, 0) is 9.59 Å². The molecule has 0 fully saturated rings. The van der Waals surface area contributed by atoms with Crippen molar-refractivity contribution in [3.05, 3.63) is 0 Å². The normalized spacial score (nSPS) is 15.5. The van der Waals surface area contributed by atoms with Crippen LogP contribution in [0.3, 0.4) is 0 Å². The van der Waals surface area contributed by atoms with Crippen molar-refractivity contribution in [2.24, 2.45) is 5.73 Å². The summed E-state index contributed by atoms with van der Waals surface area (Å²) in [4.78, 5) is 20.7. The molecule has 0 saturated carbocycles. The Bertz CT molecular complexity index is 134. The Hall–Kier alpha value is -0.900. The van der Waals surface area contributed by atoms with Gasteiger partial charge < -0.3 is 15.8 Å². The molecule has 0 aromatic carbocycles. The summed E-state index contributed by atoms with van der Waals surface area (Å²) in [5.41, 5.74) is 5.21. The number of aldehydes is 1. The van der Waals surface area contributed by atoms with Crippen molar-refractivity contribution in [1.82, 2.24) is 5.32 Å². The Kier molecular flexibility index (Phi) is 3.64. The third-order valence-electron chi connectivity index (χ3n) is 0.988. The highest BCUT2D eigenvalue weighted by atomic mass is 16.2. The van der Waals surface area contributed by atoms with Crippen molar-refractivity contribution in [1.29, 1.82) is 0 Å². The molecule has 4 heteroatoms. The van der Waals surface area contributed by atoms with Crippen LogP contribution >= 0.6 is 0 Å². The minimum atomic E-state index is -0.553. The molecule has 1 amide bonds. The molecule has 0 aliphatic heterocycles. The summed E-state index contributed by atoms with van der Waals surface area (Å²) < 4.78 is 0. The number of nitrogens with one attached hydrogen (secondary N) is 1. The maximum absolute atomic E-state index is 10.7. The molecule has 0 radical (unpaired) electrons. The van der Waals surface area contributed by atoms with Gasteiger partial charge in [-0.15, -0.1) is 0 Å². The minimum absolute atomic E-state index is 0.306. The van der Waals surface area contributed by atoms with E-state index in [-0.39, 0.29) is 5.91 Å². The van der Waals surface area contributed by atoms with Crippen LogP contribution in [0.15, 0.2) is 0 Å². The highest BCUT2D eigenvalue weighted by molar-refractivity contribution is 5.83. The van der Waals surface area contributed by atoms with E-state index in [1.54, 1.807) is 13.8 Å². The van der Waals surface area contributed by atoms with Crippen molar-refractivity contribution in [3.63, 3.8) is 0 Å². The molecule has 0 rings (SSSR count). The lowest BCUT2D eigenvalue weighted by Crippen LogP contribution is -2.43. The Balaban J connectivity index is 3.68. The molecule has 0 aromatic rings. The van der Waals surface area contributed by atoms with E-state index < -0.39 is 12.1 Å². The van der Waals surface area contributed by atoms with Gasteiger partial charge in [0, 0.05) is 0 Å². The van der Waals surface area contributed by atoms with Gasteiger partial charge in [0.15, 0.2) is 0 Å². The summed E-state index contributed by atoms with van der Waals surface area (Å²) in [6, 6.07) is -0.999. The molecule has 0 saturated heterocycles. The van der Waals surface area contributed by atoms with Crippen molar-refractivity contribution in [2.45, 2.75) is 25.9 Å². The van der Waals surface area contributed by atoms with Crippen LogP contribution in [0.4, 0.5) is 0 Å². The van der Waals surface area contributed by atoms with Gasteiger partial charge in [-0.1, -0.05) is 0 Å². The molecular formula is C6H12N2O2. The summed E-state index contributed by atoms with van der Waals surface area (Å²) in [5.74, 6) is -0.306. The van der Waals surface area contributed by atoms with Crippen LogP contribution in [0.1, 0.15) is 13.8 Å². The van der Waals surface area contributed by atoms with E-state index >= 15 is 0 Å². The minimum Gasteiger partial charge on any atom is -0.346 e. The van der Waals surface area contributed by atoms with Gasteiger partial charge in [-0.3, -0.25) is 4.79 Å². The topological polar surface area (TPSA) is 72.2 Å². The van der Waals surface area contributed by atoms with Crippen LogP contribution < -0.4 is 11.1 Å². The van der Waals surface area contributed by atoms with E-state index in [0.717, 1.165) is 0 Å². The van der Waals surface area contributed by atoms with E-state index in [4.69, 9.17) is 5.73 Å². The molecule has 0 aromatic heterocycles. The number of amides is 1. The molecule has 4 nitrogen and oxygen atoms in total. The molecule has 0 spiro atoms. The van der Waals surface area contributed by atoms with Gasteiger partial charge in [0.2, 0.25) is 5.91 Å². The lowest BCUT2D eigenvalue weighted by Gasteiger charge is -2.08. The monoisotopic (exact) mass is 144 g/mol. The van der Waals surface area contributed by atoms with Crippen molar-refractivity contribution in [3.8, 4) is 0 Å². The summed E-state index contributed by atoms with van der Waals surface area (Å²) in [7, 11) is 0. The molecule has 2 unspecified atom stereocenters. The Morgan fingerprint density at radius 2 is 2.10 bits per heavy atom. The summed E-state index contributed by atoms with van der Waals surface area (Å²) in [6.45, 7) is 3.15. The van der Waals surface area contributed by atoms with Crippen LogP contribution in [0, 0.1) is 0 Å². The largest absolute Gasteiger partial charge is 0.346 e. The lowest BCUT2D eigenvalue weighted by molar-refractivity contribution is -0.124. The fourth-order valence-electron chi connectivity index (χ4n) is 0.390. The smallest absolute Gasteiger partial charge is 0.237 e. The molecule has 58 valence electrons. The first kappa shape index (κ1) is 9.10. The third kappa shape index (κ3) is 3.19. The van der Waals surface area contributed by atoms with E-state index in [0.29, 0.717) is 6.29 Å². The van der Waals surface area contributed by atoms with Crippen molar-refractivity contribution in [2.75, 3.05) is 0 Å². The number of carbonyl (C=O) groups is 2. The molecule has 0 aliphatic carbocycles. The molecule has 10 heavy (non-hydrogen) atoms. The number of carbonyl (C=O) groups excluding carboxylic acids is 2. The zero-order valence-electron chi connectivity index (χ0n) is 6.13. The average Bonchev–Trinajstić information content (AvgIpc) is 1.87. The first-order chi connectivity index (χ1) is 4.57. The van der Waals surface area contributed by atoms with Crippen molar-refractivity contribution < 1.29 is 9.59 Å². The fraction of sp³-hybridized carbons (Fsp3) is 0.667. The third-order valence-corrected chi connectivity index (χ3v) is 0.988. The van der Waals surface area contributed by atoms with Crippen molar-refractivity contribution >= 4 is 12.2 Å². The Morgan fingerprint density at radius 3 is 2.40 bits per heavy atom. The van der Waals surface area contributed by atoms with E-state index in [1.165, 1.54) is 0 Å². The maximum atomic E-state index is 10.7. The molecule has 2 atom stereocenters. The lowest BCUT2D eigenvalue weighted by atomic mass is 10.3. The fourth-order valence-corrected chi connectivity index (χ4v) is 0.390. The maximum Gasteiger partial charge on any atom is 0.237 e. The molecule has 3 N–H and O–H groups in total. The number of nitrogens with two attached hydrogens (primary N) is 1. The highest BCUT2D eigenvalue weighted by Gasteiger charge is 2.08. The van der Waals surface area contributed by atoms with E-state index in [9.17, 15) is 9.59 Å². The van der Waals surface area contributed by atoms with Gasteiger partial charge >= 0.3 is 0 Å². The van der Waals surface area contributed by atoms with E-state index in [1.807, 2.05) is 0 Å². The summed E-state index contributed by atoms with van der Waals surface area (Å²) in [5, 5.41) is 2.40. The number of hydrogen-bond acceptors (Lipinski definition) is 3. The van der Waals surface area contributed by atoms with Gasteiger partial charge in [0.25, 0.3) is 0 Å². The van der Waals surface area contributed by atoms with Crippen LogP contribution in [0.2, 0.25) is 0 Å². The van der Waals surface area contributed by atoms with Crippen LogP contribution in [0.5, 0.6) is 0 Å². The van der Waals surface area contributed by atoms with Gasteiger partial charge in [-0.2, -0.15) is 0 Å². The molecule has 0 heterocycles. The average molecular weight is 144 g/mol. The Labute approximate surface area is 59.8 Å². The quantitative estimate of drug-likeness (QED) is 0.501. The molecule has 0 bridgehead atoms. The van der Waals surface area contributed by atoms with Gasteiger partial charge in [-0.25, -0.2) is 0 Å². The zero-order chi connectivity index (χ0) is 8.15.